The minimum Gasteiger partial charge on any atom is -0.349 e. The van der Waals surface area contributed by atoms with Crippen molar-refractivity contribution in [1.82, 2.24) is 5.32 Å². The molecule has 1 aromatic carbocycles. The third kappa shape index (κ3) is 2.16. The number of benzene rings is 1. The molecule has 0 aromatic heterocycles. The molecule has 1 amide bonds. The molecule has 1 N–H and O–H groups in total. The van der Waals surface area contributed by atoms with Gasteiger partial charge in [0, 0.05) is 18.2 Å². The number of carbonyl (C=O) groups is 1. The predicted molar refractivity (Wildman–Crippen MR) is 53.5 cm³/mol. The van der Waals surface area contributed by atoms with Gasteiger partial charge in [0.2, 0.25) is 0 Å². The molecule has 0 radical (unpaired) electrons. The number of hydrogen-bond acceptors (Lipinski definition) is 3. The van der Waals surface area contributed by atoms with E-state index in [0.29, 0.717) is 0 Å². The van der Waals surface area contributed by atoms with Crippen LogP contribution in [0.25, 0.3) is 0 Å². The Hall–Kier alpha value is -1.98. The van der Waals surface area contributed by atoms with E-state index >= 15 is 0 Å². The summed E-state index contributed by atoms with van der Waals surface area (Å²) in [4.78, 5) is 21.3. The first-order chi connectivity index (χ1) is 7.58. The minimum atomic E-state index is -0.747. The van der Waals surface area contributed by atoms with Crippen molar-refractivity contribution in [2.75, 3.05) is 0 Å². The van der Waals surface area contributed by atoms with Crippen molar-refractivity contribution in [3.8, 4) is 0 Å². The molecule has 0 saturated heterocycles. The molecule has 1 saturated carbocycles. The summed E-state index contributed by atoms with van der Waals surface area (Å²) in [5.41, 5.74) is -0.566. The van der Waals surface area contributed by atoms with E-state index in [9.17, 15) is 19.3 Å². The van der Waals surface area contributed by atoms with Crippen LogP contribution < -0.4 is 5.32 Å². The lowest BCUT2D eigenvalue weighted by molar-refractivity contribution is -0.384. The van der Waals surface area contributed by atoms with Crippen molar-refractivity contribution in [1.29, 1.82) is 0 Å². The van der Waals surface area contributed by atoms with E-state index in [-0.39, 0.29) is 17.3 Å². The molecule has 0 atom stereocenters. The zero-order valence-electron chi connectivity index (χ0n) is 8.27. The number of nitro benzene ring substituents is 1. The van der Waals surface area contributed by atoms with E-state index in [1.807, 2.05) is 0 Å². The second-order valence-electron chi connectivity index (χ2n) is 3.67. The third-order valence-electron chi connectivity index (χ3n) is 2.32. The van der Waals surface area contributed by atoms with Crippen LogP contribution in [0.5, 0.6) is 0 Å². The zero-order chi connectivity index (χ0) is 11.7. The van der Waals surface area contributed by atoms with Crippen LogP contribution in [-0.4, -0.2) is 16.9 Å². The maximum atomic E-state index is 13.3. The Morgan fingerprint density at radius 2 is 2.19 bits per heavy atom. The van der Waals surface area contributed by atoms with E-state index in [2.05, 4.69) is 5.32 Å². The van der Waals surface area contributed by atoms with Crippen LogP contribution in [-0.2, 0) is 0 Å². The highest BCUT2D eigenvalue weighted by Crippen LogP contribution is 2.21. The fraction of sp³-hybridized carbons (Fsp3) is 0.300. The quantitative estimate of drug-likeness (QED) is 0.626. The van der Waals surface area contributed by atoms with Gasteiger partial charge in [-0.3, -0.25) is 14.9 Å². The van der Waals surface area contributed by atoms with Gasteiger partial charge in [0.15, 0.2) is 0 Å². The maximum absolute atomic E-state index is 13.3. The highest BCUT2D eigenvalue weighted by atomic mass is 19.1. The molecular formula is C10H9FN2O3. The highest BCUT2D eigenvalue weighted by molar-refractivity contribution is 5.95. The van der Waals surface area contributed by atoms with Gasteiger partial charge in [-0.2, -0.15) is 0 Å². The van der Waals surface area contributed by atoms with Gasteiger partial charge in [-0.05, 0) is 18.9 Å². The lowest BCUT2D eigenvalue weighted by atomic mass is 10.1. The minimum absolute atomic E-state index is 0.0890. The third-order valence-corrected chi connectivity index (χ3v) is 2.32. The van der Waals surface area contributed by atoms with Crippen LogP contribution in [0, 0.1) is 15.9 Å². The Balaban J connectivity index is 2.26. The molecule has 0 unspecified atom stereocenters. The summed E-state index contributed by atoms with van der Waals surface area (Å²) in [6.45, 7) is 0. The summed E-state index contributed by atoms with van der Waals surface area (Å²) in [5.74, 6) is -1.34. The number of carbonyl (C=O) groups excluding carboxylic acids is 1. The number of nitrogens with zero attached hydrogens (tertiary/aromatic N) is 1. The lowest BCUT2D eigenvalue weighted by Crippen LogP contribution is -2.26. The van der Waals surface area contributed by atoms with E-state index in [1.165, 1.54) is 0 Å². The molecule has 1 aliphatic rings. The van der Waals surface area contributed by atoms with Crippen LogP contribution in [0.1, 0.15) is 23.2 Å². The number of amides is 1. The molecule has 0 heterocycles. The topological polar surface area (TPSA) is 72.2 Å². The summed E-state index contributed by atoms with van der Waals surface area (Å²) in [7, 11) is 0. The van der Waals surface area contributed by atoms with Gasteiger partial charge in [0.25, 0.3) is 11.6 Å². The maximum Gasteiger partial charge on any atom is 0.270 e. The van der Waals surface area contributed by atoms with Crippen LogP contribution in [0.15, 0.2) is 18.2 Å². The molecule has 5 nitrogen and oxygen atoms in total. The average Bonchev–Trinajstić information content (AvgIpc) is 3.01. The molecule has 84 valence electrons. The molecule has 1 fully saturated rings. The molecule has 1 aromatic rings. The summed E-state index contributed by atoms with van der Waals surface area (Å²) in [6, 6.07) is 3.00. The number of non-ortho nitro benzene ring substituents is 1. The number of nitrogens with one attached hydrogen (secondary N) is 1. The van der Waals surface area contributed by atoms with Crippen molar-refractivity contribution in [2.45, 2.75) is 18.9 Å². The van der Waals surface area contributed by atoms with Crippen molar-refractivity contribution < 1.29 is 14.1 Å². The Labute approximate surface area is 90.4 Å². The van der Waals surface area contributed by atoms with E-state index in [1.54, 1.807) is 0 Å². The zero-order valence-corrected chi connectivity index (χ0v) is 8.27. The number of nitro groups is 1. The fourth-order valence-corrected chi connectivity index (χ4v) is 1.29. The molecule has 0 aliphatic heterocycles. The van der Waals surface area contributed by atoms with Gasteiger partial charge in [-0.1, -0.05) is 0 Å². The molecule has 1 aliphatic carbocycles. The monoisotopic (exact) mass is 224 g/mol. The SMILES string of the molecule is O=C(NC1CC1)c1cc([N+](=O)[O-])ccc1F. The van der Waals surface area contributed by atoms with Crippen LogP contribution in [0.4, 0.5) is 10.1 Å². The molecular weight excluding hydrogens is 215 g/mol. The first-order valence-corrected chi connectivity index (χ1v) is 4.83. The van der Waals surface area contributed by atoms with Crippen LogP contribution in [0.2, 0.25) is 0 Å². The molecule has 0 bridgehead atoms. The van der Waals surface area contributed by atoms with Crippen molar-refractivity contribution >= 4 is 11.6 Å². The molecule has 6 heteroatoms. The van der Waals surface area contributed by atoms with E-state index < -0.39 is 16.6 Å². The second-order valence-corrected chi connectivity index (χ2v) is 3.67. The predicted octanol–water partition coefficient (Wildman–Crippen LogP) is 1.63. The van der Waals surface area contributed by atoms with Gasteiger partial charge in [-0.25, -0.2) is 4.39 Å². The Morgan fingerprint density at radius 1 is 1.50 bits per heavy atom. The fourth-order valence-electron chi connectivity index (χ4n) is 1.29. The summed E-state index contributed by atoms with van der Waals surface area (Å²) >= 11 is 0. The van der Waals surface area contributed by atoms with Gasteiger partial charge in [0.1, 0.15) is 5.82 Å². The van der Waals surface area contributed by atoms with Crippen LogP contribution >= 0.6 is 0 Å². The summed E-state index contributed by atoms with van der Waals surface area (Å²) < 4.78 is 13.3. The van der Waals surface area contributed by atoms with Crippen LogP contribution in [0.3, 0.4) is 0 Å². The standard InChI is InChI=1S/C10H9FN2O3/c11-9-4-3-7(13(15)16)5-8(9)10(14)12-6-1-2-6/h3-6H,1-2H2,(H,12,14). The summed E-state index contributed by atoms with van der Waals surface area (Å²) in [6.07, 6.45) is 1.75. The van der Waals surface area contributed by atoms with Gasteiger partial charge in [-0.15, -0.1) is 0 Å². The smallest absolute Gasteiger partial charge is 0.270 e. The summed E-state index contributed by atoms with van der Waals surface area (Å²) in [5, 5.41) is 13.0. The Bertz CT molecular complexity index is 457. The van der Waals surface area contributed by atoms with E-state index in [0.717, 1.165) is 31.0 Å². The van der Waals surface area contributed by atoms with Crippen molar-refractivity contribution in [3.63, 3.8) is 0 Å². The van der Waals surface area contributed by atoms with Gasteiger partial charge < -0.3 is 5.32 Å². The van der Waals surface area contributed by atoms with Crippen molar-refractivity contribution in [2.24, 2.45) is 0 Å². The molecule has 2 rings (SSSR count). The molecule has 16 heavy (non-hydrogen) atoms. The Morgan fingerprint density at radius 3 is 2.75 bits per heavy atom. The molecule has 0 spiro atoms. The van der Waals surface area contributed by atoms with Crippen molar-refractivity contribution in [3.05, 3.63) is 39.7 Å². The number of halogens is 1. The largest absolute Gasteiger partial charge is 0.349 e. The second kappa shape index (κ2) is 3.88. The average molecular weight is 224 g/mol. The first kappa shape index (κ1) is 10.5. The lowest BCUT2D eigenvalue weighted by Gasteiger charge is -2.03. The number of hydrogen-bond donors (Lipinski definition) is 1. The van der Waals surface area contributed by atoms with Gasteiger partial charge >= 0.3 is 0 Å². The van der Waals surface area contributed by atoms with E-state index in [4.69, 9.17) is 0 Å². The first-order valence-electron chi connectivity index (χ1n) is 4.83. The number of rotatable bonds is 3. The normalized spacial score (nSPS) is 14.6. The Kier molecular flexibility index (Phi) is 2.55. The highest BCUT2D eigenvalue weighted by Gasteiger charge is 2.25. The van der Waals surface area contributed by atoms with Gasteiger partial charge in [0.05, 0.1) is 10.5 Å².